The van der Waals surface area contributed by atoms with Crippen molar-refractivity contribution in [1.82, 2.24) is 24.8 Å². The number of hydrogen-bond acceptors (Lipinski definition) is 7. The number of hydrogen-bond donors (Lipinski definition) is 1. The van der Waals surface area contributed by atoms with Gasteiger partial charge < -0.3 is 15.1 Å². The molecule has 1 amide bonds. The van der Waals surface area contributed by atoms with Crippen LogP contribution in [0.3, 0.4) is 0 Å². The van der Waals surface area contributed by atoms with Crippen molar-refractivity contribution in [1.29, 1.82) is 0 Å². The first-order chi connectivity index (χ1) is 14.7. The maximum atomic E-state index is 13.3. The van der Waals surface area contributed by atoms with Gasteiger partial charge in [0.15, 0.2) is 0 Å². The molecule has 0 spiro atoms. The van der Waals surface area contributed by atoms with E-state index < -0.39 is 0 Å². The number of nitrogen functional groups attached to an aromatic ring is 1. The van der Waals surface area contributed by atoms with Crippen LogP contribution in [0.1, 0.15) is 21.8 Å². The van der Waals surface area contributed by atoms with Crippen molar-refractivity contribution in [3.8, 4) is 22.7 Å². The summed E-state index contributed by atoms with van der Waals surface area (Å²) < 4.78 is 5.90. The van der Waals surface area contributed by atoms with E-state index in [1.807, 2.05) is 42.5 Å². The van der Waals surface area contributed by atoms with Crippen molar-refractivity contribution in [2.24, 2.45) is 0 Å². The van der Waals surface area contributed by atoms with Gasteiger partial charge in [-0.25, -0.2) is 15.0 Å². The molecule has 0 radical (unpaired) electrons. The van der Waals surface area contributed by atoms with Crippen LogP contribution in [0.2, 0.25) is 0 Å². The van der Waals surface area contributed by atoms with E-state index >= 15 is 0 Å². The van der Waals surface area contributed by atoms with Gasteiger partial charge in [-0.15, -0.1) is 0 Å². The SMILES string of the molecule is Nc1ncc(C(=O)N2CCc3oc(-c4cccnc4)nc3C2)c(-c2ccccc2)n1. The molecule has 0 fully saturated rings. The Hall–Kier alpha value is -4.07. The van der Waals surface area contributed by atoms with Crippen LogP contribution in [-0.2, 0) is 13.0 Å². The number of nitrogens with two attached hydrogens (primary N) is 1. The van der Waals surface area contributed by atoms with Gasteiger partial charge in [-0.05, 0) is 12.1 Å². The third-order valence-electron chi connectivity index (χ3n) is 5.01. The Morgan fingerprint density at radius 2 is 1.87 bits per heavy atom. The summed E-state index contributed by atoms with van der Waals surface area (Å²) >= 11 is 0. The lowest BCUT2D eigenvalue weighted by Crippen LogP contribution is -2.36. The van der Waals surface area contributed by atoms with Crippen LogP contribution in [0.5, 0.6) is 0 Å². The van der Waals surface area contributed by atoms with Crippen molar-refractivity contribution in [3.05, 3.63) is 78.1 Å². The minimum Gasteiger partial charge on any atom is -0.441 e. The maximum Gasteiger partial charge on any atom is 0.258 e. The lowest BCUT2D eigenvalue weighted by molar-refractivity contribution is 0.0728. The Balaban J connectivity index is 1.45. The number of fused-ring (bicyclic) bond motifs is 1. The molecule has 0 aliphatic carbocycles. The van der Waals surface area contributed by atoms with Gasteiger partial charge in [0, 0.05) is 37.1 Å². The van der Waals surface area contributed by atoms with E-state index in [9.17, 15) is 4.79 Å². The fourth-order valence-corrected chi connectivity index (χ4v) is 3.52. The first-order valence-electron chi connectivity index (χ1n) is 9.55. The minimum absolute atomic E-state index is 0.129. The number of aromatic nitrogens is 4. The van der Waals surface area contributed by atoms with Gasteiger partial charge in [0.25, 0.3) is 5.91 Å². The second-order valence-corrected chi connectivity index (χ2v) is 6.96. The Kier molecular flexibility index (Phi) is 4.44. The van der Waals surface area contributed by atoms with Gasteiger partial charge in [-0.3, -0.25) is 9.78 Å². The molecule has 0 unspecified atom stereocenters. The number of pyridine rings is 1. The summed E-state index contributed by atoms with van der Waals surface area (Å²) in [6.07, 6.45) is 5.49. The maximum absolute atomic E-state index is 13.3. The third-order valence-corrected chi connectivity index (χ3v) is 5.01. The van der Waals surface area contributed by atoms with Gasteiger partial charge in [0.2, 0.25) is 11.8 Å². The van der Waals surface area contributed by atoms with Crippen molar-refractivity contribution in [2.75, 3.05) is 12.3 Å². The number of nitrogens with zero attached hydrogens (tertiary/aromatic N) is 5. The molecule has 0 saturated carbocycles. The number of oxazole rings is 1. The molecule has 5 rings (SSSR count). The van der Waals surface area contributed by atoms with E-state index in [1.165, 1.54) is 6.20 Å². The normalized spacial score (nSPS) is 13.1. The van der Waals surface area contributed by atoms with E-state index in [1.54, 1.807) is 17.3 Å². The highest BCUT2D eigenvalue weighted by atomic mass is 16.4. The van der Waals surface area contributed by atoms with Crippen molar-refractivity contribution >= 4 is 11.9 Å². The van der Waals surface area contributed by atoms with Gasteiger partial charge in [-0.2, -0.15) is 0 Å². The lowest BCUT2D eigenvalue weighted by atomic mass is 10.0. The van der Waals surface area contributed by atoms with Crippen molar-refractivity contribution < 1.29 is 9.21 Å². The summed E-state index contributed by atoms with van der Waals surface area (Å²) in [4.78, 5) is 32.1. The number of carbonyl (C=O) groups excluding carboxylic acids is 1. The summed E-state index contributed by atoms with van der Waals surface area (Å²) in [7, 11) is 0. The molecule has 1 aliphatic heterocycles. The first kappa shape index (κ1) is 18.0. The van der Waals surface area contributed by atoms with Crippen LogP contribution in [-0.4, -0.2) is 37.3 Å². The summed E-state index contributed by atoms with van der Waals surface area (Å²) in [5, 5.41) is 0. The minimum atomic E-state index is -0.162. The summed E-state index contributed by atoms with van der Waals surface area (Å²) in [6, 6.07) is 13.2. The van der Waals surface area contributed by atoms with Crippen molar-refractivity contribution in [3.63, 3.8) is 0 Å². The molecule has 30 heavy (non-hydrogen) atoms. The number of rotatable bonds is 3. The molecule has 4 aromatic rings. The third kappa shape index (κ3) is 3.28. The predicted octanol–water partition coefficient (Wildman–Crippen LogP) is 2.97. The molecule has 148 valence electrons. The van der Waals surface area contributed by atoms with E-state index in [0.29, 0.717) is 36.7 Å². The largest absolute Gasteiger partial charge is 0.441 e. The van der Waals surface area contributed by atoms with Crippen LogP contribution in [0.25, 0.3) is 22.7 Å². The van der Waals surface area contributed by atoms with Gasteiger partial charge >= 0.3 is 0 Å². The quantitative estimate of drug-likeness (QED) is 0.565. The zero-order chi connectivity index (χ0) is 20.5. The second kappa shape index (κ2) is 7.40. The number of amides is 1. The topological polar surface area (TPSA) is 111 Å². The molecule has 2 N–H and O–H groups in total. The smallest absolute Gasteiger partial charge is 0.258 e. The van der Waals surface area contributed by atoms with Crippen LogP contribution in [0.4, 0.5) is 5.95 Å². The van der Waals surface area contributed by atoms with Crippen LogP contribution in [0.15, 0.2) is 65.5 Å². The number of benzene rings is 1. The number of anilines is 1. The molecule has 8 nitrogen and oxygen atoms in total. The van der Waals surface area contributed by atoms with Gasteiger partial charge in [-0.1, -0.05) is 30.3 Å². The molecule has 0 atom stereocenters. The van der Waals surface area contributed by atoms with E-state index in [0.717, 1.165) is 22.6 Å². The van der Waals surface area contributed by atoms with Gasteiger partial charge in [0.1, 0.15) is 11.5 Å². The molecule has 0 bridgehead atoms. The Morgan fingerprint density at radius 3 is 2.67 bits per heavy atom. The van der Waals surface area contributed by atoms with Gasteiger partial charge in [0.05, 0.1) is 23.4 Å². The first-order valence-corrected chi connectivity index (χ1v) is 9.55. The highest BCUT2D eigenvalue weighted by molar-refractivity contribution is 5.99. The van der Waals surface area contributed by atoms with E-state index in [2.05, 4.69) is 19.9 Å². The second-order valence-electron chi connectivity index (χ2n) is 6.96. The highest BCUT2D eigenvalue weighted by Gasteiger charge is 2.28. The Bertz CT molecular complexity index is 1210. The van der Waals surface area contributed by atoms with Crippen LogP contribution >= 0.6 is 0 Å². The summed E-state index contributed by atoms with van der Waals surface area (Å²) in [5.74, 6) is 1.28. The molecular weight excluding hydrogens is 380 g/mol. The molecule has 1 aromatic carbocycles. The van der Waals surface area contributed by atoms with Crippen LogP contribution < -0.4 is 5.73 Å². The molecule has 8 heteroatoms. The zero-order valence-electron chi connectivity index (χ0n) is 16.0. The standard InChI is InChI=1S/C22H18N6O2/c23-22-25-12-16(19(27-22)14-5-2-1-3-6-14)21(29)28-10-8-18-17(13-28)26-20(30-18)15-7-4-9-24-11-15/h1-7,9,11-12H,8,10,13H2,(H2,23,25,27). The monoisotopic (exact) mass is 398 g/mol. The molecular formula is C22H18N6O2. The fraction of sp³-hybridized carbons (Fsp3) is 0.136. The summed E-state index contributed by atoms with van der Waals surface area (Å²) in [6.45, 7) is 0.878. The molecule has 1 aliphatic rings. The predicted molar refractivity (Wildman–Crippen MR) is 110 cm³/mol. The Morgan fingerprint density at radius 1 is 1.03 bits per heavy atom. The molecule has 4 heterocycles. The number of carbonyl (C=O) groups is 1. The highest BCUT2D eigenvalue weighted by Crippen LogP contribution is 2.28. The molecule has 3 aromatic heterocycles. The van der Waals surface area contributed by atoms with E-state index in [-0.39, 0.29) is 11.9 Å². The zero-order valence-corrected chi connectivity index (χ0v) is 16.0. The lowest BCUT2D eigenvalue weighted by Gasteiger charge is -2.26. The Labute approximate surface area is 172 Å². The summed E-state index contributed by atoms with van der Waals surface area (Å²) in [5.41, 5.74) is 9.10. The fourth-order valence-electron chi connectivity index (χ4n) is 3.52. The van der Waals surface area contributed by atoms with Crippen LogP contribution in [0, 0.1) is 0 Å². The average Bonchev–Trinajstić information content (AvgIpc) is 3.23. The average molecular weight is 398 g/mol. The van der Waals surface area contributed by atoms with Crippen molar-refractivity contribution in [2.45, 2.75) is 13.0 Å². The van der Waals surface area contributed by atoms with E-state index in [4.69, 9.17) is 10.2 Å². The molecule has 0 saturated heterocycles.